The van der Waals surface area contributed by atoms with Crippen LogP contribution in [-0.2, 0) is 86.4 Å². The number of aliphatic carboxylic acids is 1. The maximum atomic E-state index is 16.1. The van der Waals surface area contributed by atoms with Crippen molar-refractivity contribution in [2.75, 3.05) is 70.4 Å². The van der Waals surface area contributed by atoms with Gasteiger partial charge in [-0.05, 0) is 193 Å². The van der Waals surface area contributed by atoms with Crippen LogP contribution < -0.4 is 147 Å². The van der Waals surface area contributed by atoms with Gasteiger partial charge in [0.05, 0.1) is 6.04 Å². The molecule has 0 saturated carbocycles. The highest BCUT2D eigenvalue weighted by Crippen LogP contribution is 2.27. The smallest absolute Gasteiger partial charge is 0.326 e. The molecule has 2 aliphatic heterocycles. The molecule has 53 heteroatoms. The number of hydrogen-bond acceptors (Lipinski definition) is 27. The zero-order valence-electron chi connectivity index (χ0n) is 79.7. The number of carboxylic acid groups (broad SMARTS) is 1. The first-order valence-corrected chi connectivity index (χ1v) is 49.8. The molecule has 15 amide bonds. The Hall–Kier alpha value is -14.5. The number of aromatic hydroxyl groups is 2. The quantitative estimate of drug-likeness (QED) is 0.00847. The fourth-order valence-electron chi connectivity index (χ4n) is 15.6. The maximum absolute atomic E-state index is 16.1. The zero-order chi connectivity index (χ0) is 105. The topological polar surface area (TPSA) is 890 Å². The molecule has 0 aromatic heterocycles. The minimum absolute atomic E-state index is 0.0120. The van der Waals surface area contributed by atoms with Gasteiger partial charge in [0.1, 0.15) is 90.0 Å². The number of carbonyl (C=O) groups is 15. The van der Waals surface area contributed by atoms with Gasteiger partial charge < -0.3 is 168 Å². The SMILES string of the molecule is N=C(N)NCCC[C@H](NC(=O)[C@@H]1CSSC[C@H](NC(=O)[C@H](Cc2cccc3ccccc23)NC(=O)[C@H](CCCNC(=N)N)NC(=O)[C@@H](N)CCCNC(=N)N)C(=O)N[C@@H](Cc2ccc(O)cc2)C(=O)N[C@@H](CCCNC(=N)N)C(=O)N[C@@H](CCCCN)C(=O)N[C@H](CCCCN)C(=O)N2CCC[C@H]2C(=O)N[C@@H](Cc2ccc(O)cc2)C(=O)N[C@@H](CCCNC(=N)N)C(=O)N[C@@H](CCCNC(N)=O)C(=O)N1)C(=O)O. The number of unbranched alkanes of at least 4 members (excludes halogenated alkanes) is 2. The molecule has 0 unspecified atom stereocenters. The Labute approximate surface area is 835 Å². The number of hydrogen-bond donors (Lipinski definition) is 35. The highest BCUT2D eigenvalue weighted by Gasteiger charge is 2.43. The number of urea groups is 1. The predicted octanol–water partition coefficient (Wildman–Crippen LogP) is -6.08. The molecule has 44 N–H and O–H groups in total. The Morgan fingerprint density at radius 1 is 0.420 bits per heavy atom. The largest absolute Gasteiger partial charge is 0.508 e. The van der Waals surface area contributed by atoms with E-state index in [0.717, 1.165) is 21.6 Å². The van der Waals surface area contributed by atoms with E-state index in [1.807, 2.05) is 0 Å². The number of phenols is 2. The first kappa shape index (κ1) is 117. The molecule has 14 atom stereocenters. The molecular weight excluding hydrogens is 1900 g/mol. The number of carboxylic acids is 1. The Bertz CT molecular complexity index is 4970. The summed E-state index contributed by atoms with van der Waals surface area (Å²) in [6.45, 7) is -0.0452. The summed E-state index contributed by atoms with van der Waals surface area (Å²) in [4.78, 5) is 226. The summed E-state index contributed by atoms with van der Waals surface area (Å²) in [5.41, 5.74) is 52.9. The predicted molar refractivity (Wildman–Crippen MR) is 538 cm³/mol. The Morgan fingerprint density at radius 3 is 1.31 bits per heavy atom. The van der Waals surface area contributed by atoms with Crippen LogP contribution in [0.4, 0.5) is 4.79 Å². The molecular formula is C90H141N33O18S2. The van der Waals surface area contributed by atoms with Gasteiger partial charge in [-0.3, -0.25) is 89.4 Å². The van der Waals surface area contributed by atoms with Gasteiger partial charge in [-0.2, -0.15) is 0 Å². The molecule has 6 rings (SSSR count). The number of rotatable bonds is 47. The summed E-state index contributed by atoms with van der Waals surface area (Å²) in [5.74, 6) is -18.4. The van der Waals surface area contributed by atoms with Gasteiger partial charge in [-0.15, -0.1) is 0 Å². The molecule has 51 nitrogen and oxygen atoms in total. The van der Waals surface area contributed by atoms with E-state index < -0.39 is 222 Å². The Balaban J connectivity index is 1.62. The number of nitrogens with two attached hydrogens (primary N) is 9. The molecule has 143 heavy (non-hydrogen) atoms. The molecule has 2 fully saturated rings. The summed E-state index contributed by atoms with van der Waals surface area (Å²) in [6.07, 6.45) is -1.41. The van der Waals surface area contributed by atoms with Crippen molar-refractivity contribution in [2.45, 2.75) is 232 Å². The number of carbonyl (C=O) groups excluding carboxylic acids is 14. The van der Waals surface area contributed by atoms with Gasteiger partial charge >= 0.3 is 12.0 Å². The monoisotopic (exact) mass is 2040 g/mol. The number of nitrogens with one attached hydrogen (secondary N) is 23. The van der Waals surface area contributed by atoms with Crippen LogP contribution >= 0.6 is 21.6 Å². The lowest BCUT2D eigenvalue weighted by Gasteiger charge is -2.31. The molecule has 2 aliphatic rings. The number of fused-ring (bicyclic) bond motifs is 2. The Morgan fingerprint density at radius 2 is 0.825 bits per heavy atom. The van der Waals surface area contributed by atoms with Crippen molar-refractivity contribution in [3.05, 3.63) is 108 Å². The number of benzene rings is 4. The van der Waals surface area contributed by atoms with Crippen LogP contribution in [0.2, 0.25) is 0 Å². The molecule has 0 radical (unpaired) electrons. The summed E-state index contributed by atoms with van der Waals surface area (Å²) in [7, 11) is 1.47. The van der Waals surface area contributed by atoms with Crippen LogP contribution in [0, 0.1) is 27.0 Å². The van der Waals surface area contributed by atoms with E-state index in [-0.39, 0.29) is 204 Å². The standard InChI is InChI=1S/C90H141N33O18S2/c91-36-5-3-20-58-74(129)116-63(21-4-6-37-92)83(138)123-44-14-27-70(123)82(137)120-66(46-51-30-34-55(125)35-31-51)78(133)115-61(24-11-41-108-88(100)101)73(128)113-62(25-12-43-110-90(104)141)76(131)121-68(80(135)117-64(84(139)140)26-13-42-109-89(102)103)48-142-143-49-69(81(136)118-65(45-50-28-32-54(124)33-29-50)77(132)114-60(72(127)112-58)23-10-40-107-87(98)99)122-79(134)67(47-53-17-7-16-52-15-1-2-18-56(52)53)119-75(130)59(22-9-39-106-86(96)97)111-71(126)57(93)19-8-38-105-85(94)95/h1-2,7,15-18,28-35,57-70,124-125H,3-6,8-14,19-27,36-49,91-93H2,(H,111,126)(H,112,127)(H,113,128)(H,114,132)(H,115,133)(H,116,129)(H,117,135)(H,118,136)(H,119,130)(H,120,137)(H,121,131)(H,122,134)(H,139,140)(H4,94,95,105)(H4,96,97,106)(H4,98,99,107)(H4,100,101,108)(H4,102,103,109)(H3,104,110,141)/t57-,58-,59-,60-,61-,62-,63+,64-,65-,66-,67-,68-,69-,70-/m0/s1. The minimum atomic E-state index is -1.91. The van der Waals surface area contributed by atoms with E-state index in [4.69, 9.17) is 78.6 Å². The third kappa shape index (κ3) is 43.3. The van der Waals surface area contributed by atoms with Gasteiger partial charge in [0, 0.05) is 76.6 Å². The van der Waals surface area contributed by atoms with Crippen LogP contribution in [0.1, 0.15) is 145 Å². The number of primary amides is 1. The third-order valence-corrected chi connectivity index (χ3v) is 25.6. The van der Waals surface area contributed by atoms with Crippen molar-refractivity contribution in [2.24, 2.45) is 51.6 Å². The van der Waals surface area contributed by atoms with Crippen molar-refractivity contribution in [3.63, 3.8) is 0 Å². The second-order valence-electron chi connectivity index (χ2n) is 34.4. The second-order valence-corrected chi connectivity index (χ2v) is 37.0. The average Bonchev–Trinajstić information content (AvgIpc) is 1.69. The lowest BCUT2D eigenvalue weighted by Crippen LogP contribution is -2.61. The van der Waals surface area contributed by atoms with Gasteiger partial charge in [0.2, 0.25) is 76.8 Å². The van der Waals surface area contributed by atoms with Gasteiger partial charge in [0.15, 0.2) is 29.8 Å². The first-order chi connectivity index (χ1) is 68.2. The highest BCUT2D eigenvalue weighted by atomic mass is 33.1. The summed E-state index contributed by atoms with van der Waals surface area (Å²) in [6, 6.07) is -0.664. The number of phenolic OH excluding ortho intramolecular Hbond substituents is 2. The molecule has 786 valence electrons. The van der Waals surface area contributed by atoms with E-state index in [1.165, 1.54) is 53.4 Å². The third-order valence-electron chi connectivity index (χ3n) is 23.2. The molecule has 0 bridgehead atoms. The zero-order valence-corrected chi connectivity index (χ0v) is 81.3. The van der Waals surface area contributed by atoms with E-state index in [1.54, 1.807) is 42.5 Å². The number of guanidine groups is 5. The second kappa shape index (κ2) is 62.6. The van der Waals surface area contributed by atoms with Crippen LogP contribution in [0.3, 0.4) is 0 Å². The first-order valence-electron chi connectivity index (χ1n) is 47.3. The van der Waals surface area contributed by atoms with Crippen molar-refractivity contribution in [1.82, 2.24) is 101 Å². The van der Waals surface area contributed by atoms with Crippen molar-refractivity contribution in [1.29, 1.82) is 27.0 Å². The molecule has 0 aliphatic carbocycles. The average molecular weight is 2040 g/mol. The van der Waals surface area contributed by atoms with Gasteiger partial charge in [0.25, 0.3) is 0 Å². The molecule has 4 aromatic carbocycles. The Kier molecular flexibility index (Phi) is 51.4. The van der Waals surface area contributed by atoms with E-state index >= 15 is 57.5 Å². The summed E-state index contributed by atoms with van der Waals surface area (Å²) in [5, 5.41) is 120. The maximum Gasteiger partial charge on any atom is 0.326 e. The van der Waals surface area contributed by atoms with E-state index in [2.05, 4.69) is 95.7 Å². The molecule has 2 saturated heterocycles. The van der Waals surface area contributed by atoms with Crippen LogP contribution in [0.5, 0.6) is 11.5 Å². The van der Waals surface area contributed by atoms with Crippen LogP contribution in [-0.4, -0.2) is 294 Å². The molecule has 4 aromatic rings. The molecule has 0 spiro atoms. The lowest BCUT2D eigenvalue weighted by molar-refractivity contribution is -0.142. The summed E-state index contributed by atoms with van der Waals surface area (Å²) < 4.78 is 0. The summed E-state index contributed by atoms with van der Waals surface area (Å²) >= 11 is 0. The fourth-order valence-corrected chi connectivity index (χ4v) is 17.9. The fraction of sp³-hybridized carbons (Fsp3) is 0.533. The van der Waals surface area contributed by atoms with Crippen molar-refractivity contribution < 1.29 is 87.2 Å². The minimum Gasteiger partial charge on any atom is -0.508 e. The lowest BCUT2D eigenvalue weighted by atomic mass is 9.97. The number of amides is 15. The van der Waals surface area contributed by atoms with E-state index in [0.29, 0.717) is 34.7 Å². The van der Waals surface area contributed by atoms with E-state index in [9.17, 15) is 29.7 Å². The van der Waals surface area contributed by atoms with Gasteiger partial charge in [-0.1, -0.05) is 88.3 Å². The van der Waals surface area contributed by atoms with Crippen LogP contribution in [0.15, 0.2) is 91.0 Å². The normalized spacial score (nSPS) is 20.2. The van der Waals surface area contributed by atoms with Gasteiger partial charge in [-0.25, -0.2) is 9.59 Å². The van der Waals surface area contributed by atoms with Crippen molar-refractivity contribution in [3.8, 4) is 11.5 Å². The number of nitrogens with zero attached hydrogens (tertiary/aromatic N) is 1. The van der Waals surface area contributed by atoms with Crippen LogP contribution in [0.25, 0.3) is 10.8 Å². The highest BCUT2D eigenvalue weighted by molar-refractivity contribution is 8.76. The molecule has 2 heterocycles. The van der Waals surface area contributed by atoms with Crippen molar-refractivity contribution >= 4 is 151 Å².